The van der Waals surface area contributed by atoms with Crippen molar-refractivity contribution in [3.63, 3.8) is 0 Å². The van der Waals surface area contributed by atoms with Gasteiger partial charge in [-0.2, -0.15) is 27.8 Å². The van der Waals surface area contributed by atoms with E-state index in [0.29, 0.717) is 19.8 Å². The number of anilines is 1. The summed E-state index contributed by atoms with van der Waals surface area (Å²) in [4.78, 5) is 7.37. The molecule has 4 rings (SSSR count). The van der Waals surface area contributed by atoms with Crippen LogP contribution in [-0.2, 0) is 16.3 Å². The van der Waals surface area contributed by atoms with Crippen LogP contribution in [0.2, 0.25) is 0 Å². The van der Waals surface area contributed by atoms with E-state index in [0.717, 1.165) is 24.5 Å². The molecular weight excluding hydrogens is 371 g/mol. The Kier molecular flexibility index (Phi) is 4.70. The smallest absolute Gasteiger partial charge is 0.381 e. The molecule has 0 bridgehead atoms. The predicted octanol–water partition coefficient (Wildman–Crippen LogP) is 3.61. The molecule has 2 aromatic heterocycles. The van der Waals surface area contributed by atoms with E-state index < -0.39 is 11.9 Å². The van der Waals surface area contributed by atoms with Crippen LogP contribution in [0.25, 0.3) is 5.78 Å². The Hall–Kier alpha value is -2.68. The number of alkyl halides is 3. The van der Waals surface area contributed by atoms with Gasteiger partial charge in [-0.05, 0) is 30.9 Å². The Morgan fingerprint density at radius 3 is 2.68 bits per heavy atom. The van der Waals surface area contributed by atoms with Crippen LogP contribution in [0.3, 0.4) is 0 Å². The number of hydrogen-bond acceptors (Lipinski definition) is 5. The summed E-state index contributed by atoms with van der Waals surface area (Å²) in [6.45, 7) is 3.73. The number of nitrogens with zero attached hydrogens (tertiary/aromatic N) is 4. The molecule has 0 spiro atoms. The lowest BCUT2D eigenvalue weighted by atomic mass is 9.72. The standard InChI is InChI=1S/C19H20F3N5O/c1-13-4-2-3-5-14(13)18(6-8-28-9-7-18)11-23-16-10-15(19(20,21)22)26-17-24-12-25-27(16)17/h2-5,10,12,23H,6-9,11H2,1H3. The Labute approximate surface area is 159 Å². The van der Waals surface area contributed by atoms with Gasteiger partial charge in [-0.3, -0.25) is 0 Å². The molecule has 0 atom stereocenters. The molecule has 0 amide bonds. The minimum Gasteiger partial charge on any atom is -0.381 e. The maximum atomic E-state index is 13.2. The van der Waals surface area contributed by atoms with Gasteiger partial charge in [0.2, 0.25) is 0 Å². The molecule has 0 unspecified atom stereocenters. The van der Waals surface area contributed by atoms with Crippen molar-refractivity contribution in [2.45, 2.75) is 31.4 Å². The summed E-state index contributed by atoms with van der Waals surface area (Å²) in [6, 6.07) is 9.09. The normalized spacial score (nSPS) is 17.0. The molecule has 148 valence electrons. The molecule has 0 saturated carbocycles. The van der Waals surface area contributed by atoms with E-state index in [2.05, 4.69) is 39.4 Å². The highest BCUT2D eigenvalue weighted by molar-refractivity contribution is 5.47. The Bertz CT molecular complexity index is 979. The summed E-state index contributed by atoms with van der Waals surface area (Å²) in [7, 11) is 0. The monoisotopic (exact) mass is 391 g/mol. The Balaban J connectivity index is 1.70. The molecule has 1 aliphatic heterocycles. The lowest BCUT2D eigenvalue weighted by Crippen LogP contribution is -2.41. The minimum atomic E-state index is -4.56. The van der Waals surface area contributed by atoms with E-state index in [-0.39, 0.29) is 17.0 Å². The van der Waals surface area contributed by atoms with Gasteiger partial charge in [-0.1, -0.05) is 24.3 Å². The van der Waals surface area contributed by atoms with Crippen molar-refractivity contribution in [2.24, 2.45) is 0 Å². The number of ether oxygens (including phenoxy) is 1. The molecular formula is C19H20F3N5O. The summed E-state index contributed by atoms with van der Waals surface area (Å²) >= 11 is 0. The lowest BCUT2D eigenvalue weighted by molar-refractivity contribution is -0.141. The van der Waals surface area contributed by atoms with Gasteiger partial charge in [0.1, 0.15) is 12.1 Å². The fourth-order valence-corrected chi connectivity index (χ4v) is 3.81. The van der Waals surface area contributed by atoms with Crippen molar-refractivity contribution in [1.29, 1.82) is 0 Å². The highest BCUT2D eigenvalue weighted by atomic mass is 19.4. The molecule has 9 heteroatoms. The molecule has 1 N–H and O–H groups in total. The molecule has 3 aromatic rings. The van der Waals surface area contributed by atoms with Crippen molar-refractivity contribution in [3.05, 3.63) is 53.5 Å². The average Bonchev–Trinajstić information content (AvgIpc) is 3.15. The average molecular weight is 391 g/mol. The second kappa shape index (κ2) is 7.05. The number of hydrogen-bond donors (Lipinski definition) is 1. The first kappa shape index (κ1) is 18.7. The van der Waals surface area contributed by atoms with E-state index >= 15 is 0 Å². The van der Waals surface area contributed by atoms with E-state index in [1.54, 1.807) is 0 Å². The van der Waals surface area contributed by atoms with Gasteiger partial charge in [0.25, 0.3) is 5.78 Å². The van der Waals surface area contributed by atoms with E-state index in [1.807, 2.05) is 12.1 Å². The van der Waals surface area contributed by atoms with Gasteiger partial charge in [0.05, 0.1) is 0 Å². The van der Waals surface area contributed by atoms with E-state index in [9.17, 15) is 13.2 Å². The number of nitrogens with one attached hydrogen (secondary N) is 1. The second-order valence-electron chi connectivity index (χ2n) is 7.06. The molecule has 1 fully saturated rings. The summed E-state index contributed by atoms with van der Waals surface area (Å²) in [5, 5.41) is 7.19. The van der Waals surface area contributed by atoms with Crippen molar-refractivity contribution in [3.8, 4) is 0 Å². The Morgan fingerprint density at radius 2 is 1.96 bits per heavy atom. The van der Waals surface area contributed by atoms with Crippen molar-refractivity contribution in [1.82, 2.24) is 19.6 Å². The first-order chi connectivity index (χ1) is 13.4. The van der Waals surface area contributed by atoms with Crippen LogP contribution in [0.4, 0.5) is 19.0 Å². The van der Waals surface area contributed by atoms with Crippen molar-refractivity contribution < 1.29 is 17.9 Å². The van der Waals surface area contributed by atoms with E-state index in [1.165, 1.54) is 16.4 Å². The quantitative estimate of drug-likeness (QED) is 0.736. The molecule has 3 heterocycles. The fourth-order valence-electron chi connectivity index (χ4n) is 3.81. The SMILES string of the molecule is Cc1ccccc1C1(CNc2cc(C(F)(F)F)nc3ncnn23)CCOCC1. The van der Waals surface area contributed by atoms with Crippen LogP contribution >= 0.6 is 0 Å². The van der Waals surface area contributed by atoms with Gasteiger partial charge in [-0.25, -0.2) is 4.98 Å². The third kappa shape index (κ3) is 3.42. The third-order valence-corrected chi connectivity index (χ3v) is 5.32. The highest BCUT2D eigenvalue weighted by Crippen LogP contribution is 2.37. The summed E-state index contributed by atoms with van der Waals surface area (Å²) < 4.78 is 46.5. The summed E-state index contributed by atoms with van der Waals surface area (Å²) in [6.07, 6.45) is -1.80. The van der Waals surface area contributed by atoms with Crippen LogP contribution in [0.5, 0.6) is 0 Å². The van der Waals surface area contributed by atoms with Gasteiger partial charge in [-0.15, -0.1) is 0 Å². The molecule has 28 heavy (non-hydrogen) atoms. The van der Waals surface area contributed by atoms with Crippen LogP contribution in [0.1, 0.15) is 29.7 Å². The zero-order valence-electron chi connectivity index (χ0n) is 15.3. The zero-order chi connectivity index (χ0) is 19.8. The molecule has 1 aliphatic rings. The number of fused-ring (bicyclic) bond motifs is 1. The van der Waals surface area contributed by atoms with Crippen molar-refractivity contribution in [2.75, 3.05) is 25.1 Å². The summed E-state index contributed by atoms with van der Waals surface area (Å²) in [5.41, 5.74) is 1.11. The minimum absolute atomic E-state index is 0.0887. The van der Waals surface area contributed by atoms with Gasteiger partial charge in [0.15, 0.2) is 5.69 Å². The molecule has 0 radical (unpaired) electrons. The van der Waals surface area contributed by atoms with Crippen LogP contribution in [0, 0.1) is 6.92 Å². The third-order valence-electron chi connectivity index (χ3n) is 5.32. The fraction of sp³-hybridized carbons (Fsp3) is 0.421. The topological polar surface area (TPSA) is 64.3 Å². The van der Waals surface area contributed by atoms with Crippen LogP contribution in [-0.4, -0.2) is 39.3 Å². The largest absolute Gasteiger partial charge is 0.433 e. The molecule has 0 aliphatic carbocycles. The predicted molar refractivity (Wildman–Crippen MR) is 97.2 cm³/mol. The summed E-state index contributed by atoms with van der Waals surface area (Å²) in [5.74, 6) is 0.128. The number of aryl methyl sites for hydroxylation is 1. The number of aromatic nitrogens is 4. The maximum absolute atomic E-state index is 13.2. The van der Waals surface area contributed by atoms with Crippen LogP contribution < -0.4 is 5.32 Å². The number of rotatable bonds is 4. The second-order valence-corrected chi connectivity index (χ2v) is 7.06. The lowest BCUT2D eigenvalue weighted by Gasteiger charge is -2.39. The van der Waals surface area contributed by atoms with Crippen molar-refractivity contribution >= 4 is 11.6 Å². The van der Waals surface area contributed by atoms with Crippen LogP contribution in [0.15, 0.2) is 36.7 Å². The molecule has 1 saturated heterocycles. The zero-order valence-corrected chi connectivity index (χ0v) is 15.3. The molecule has 6 nitrogen and oxygen atoms in total. The van der Waals surface area contributed by atoms with E-state index in [4.69, 9.17) is 4.74 Å². The van der Waals surface area contributed by atoms with Gasteiger partial charge < -0.3 is 10.1 Å². The number of benzene rings is 1. The number of halogens is 3. The Morgan fingerprint density at radius 1 is 1.21 bits per heavy atom. The highest BCUT2D eigenvalue weighted by Gasteiger charge is 2.37. The van der Waals surface area contributed by atoms with Gasteiger partial charge in [0, 0.05) is 31.2 Å². The first-order valence-corrected chi connectivity index (χ1v) is 9.05. The first-order valence-electron chi connectivity index (χ1n) is 9.05. The molecule has 1 aromatic carbocycles. The van der Waals surface area contributed by atoms with Gasteiger partial charge >= 0.3 is 6.18 Å². The maximum Gasteiger partial charge on any atom is 0.433 e.